The second-order valence-electron chi connectivity index (χ2n) is 4.38. The largest absolute Gasteiger partial charge is 0.323 e. The number of anilines is 1. The monoisotopic (exact) mass is 230 g/mol. The van der Waals surface area contributed by atoms with Crippen LogP contribution in [0.1, 0.15) is 18.4 Å². The fourth-order valence-electron chi connectivity index (χ4n) is 2.14. The van der Waals surface area contributed by atoms with E-state index in [1.807, 2.05) is 18.2 Å². The van der Waals surface area contributed by atoms with E-state index in [1.54, 1.807) is 0 Å². The summed E-state index contributed by atoms with van der Waals surface area (Å²) < 4.78 is 0. The molecule has 0 radical (unpaired) electrons. The summed E-state index contributed by atoms with van der Waals surface area (Å²) in [7, 11) is 0. The lowest BCUT2D eigenvalue weighted by molar-refractivity contribution is -0.111. The first-order chi connectivity index (χ1) is 8.28. The average molecular weight is 230 g/mol. The van der Waals surface area contributed by atoms with Crippen LogP contribution in [0.5, 0.6) is 0 Å². The summed E-state index contributed by atoms with van der Waals surface area (Å²) in [4.78, 5) is 13.6. The van der Waals surface area contributed by atoms with Crippen LogP contribution in [0.25, 0.3) is 0 Å². The van der Waals surface area contributed by atoms with E-state index in [2.05, 4.69) is 22.9 Å². The zero-order valence-electron chi connectivity index (χ0n) is 9.98. The minimum Gasteiger partial charge on any atom is -0.323 e. The van der Waals surface area contributed by atoms with Gasteiger partial charge in [-0.15, -0.1) is 0 Å². The number of hydrogen-bond acceptors (Lipinski definition) is 2. The molecule has 1 aliphatic heterocycles. The summed E-state index contributed by atoms with van der Waals surface area (Å²) in [6, 6.07) is 8.00. The van der Waals surface area contributed by atoms with Gasteiger partial charge in [0.25, 0.3) is 0 Å². The molecule has 0 unspecified atom stereocenters. The van der Waals surface area contributed by atoms with E-state index < -0.39 is 0 Å². The zero-order valence-corrected chi connectivity index (χ0v) is 9.98. The van der Waals surface area contributed by atoms with Gasteiger partial charge in [-0.1, -0.05) is 18.7 Å². The summed E-state index contributed by atoms with van der Waals surface area (Å²) in [5, 5.41) is 2.78. The van der Waals surface area contributed by atoms with E-state index in [9.17, 15) is 4.79 Å². The van der Waals surface area contributed by atoms with Crippen molar-refractivity contribution in [2.45, 2.75) is 19.4 Å². The second kappa shape index (κ2) is 5.64. The van der Waals surface area contributed by atoms with E-state index in [4.69, 9.17) is 0 Å². The SMILES string of the molecule is C=CC(=O)Nc1cccc(CN2CCCC2)c1. The van der Waals surface area contributed by atoms with Crippen LogP contribution < -0.4 is 5.32 Å². The normalized spacial score (nSPS) is 15.8. The summed E-state index contributed by atoms with van der Waals surface area (Å²) in [6.45, 7) is 6.78. The summed E-state index contributed by atoms with van der Waals surface area (Å²) in [6.07, 6.45) is 3.88. The molecule has 3 nitrogen and oxygen atoms in total. The zero-order chi connectivity index (χ0) is 12.1. The van der Waals surface area contributed by atoms with Gasteiger partial charge in [0.2, 0.25) is 5.91 Å². The number of carbonyl (C=O) groups excluding carboxylic acids is 1. The molecule has 1 aliphatic rings. The highest BCUT2D eigenvalue weighted by Gasteiger charge is 2.11. The standard InChI is InChI=1S/C14H18N2O/c1-2-14(17)15-13-7-5-6-12(10-13)11-16-8-3-4-9-16/h2,5-7,10H,1,3-4,8-9,11H2,(H,15,17). The van der Waals surface area contributed by atoms with Gasteiger partial charge in [0.1, 0.15) is 0 Å². The first-order valence-electron chi connectivity index (χ1n) is 6.02. The van der Waals surface area contributed by atoms with Crippen LogP contribution in [-0.2, 0) is 11.3 Å². The summed E-state index contributed by atoms with van der Waals surface area (Å²) in [5.74, 6) is -0.164. The predicted molar refractivity (Wildman–Crippen MR) is 69.8 cm³/mol. The molecule has 0 saturated carbocycles. The molecule has 1 fully saturated rings. The van der Waals surface area contributed by atoms with Gasteiger partial charge in [0.15, 0.2) is 0 Å². The second-order valence-corrected chi connectivity index (χ2v) is 4.38. The third-order valence-electron chi connectivity index (χ3n) is 2.98. The van der Waals surface area contributed by atoms with E-state index in [0.29, 0.717) is 0 Å². The molecule has 2 rings (SSSR count). The molecule has 1 aromatic carbocycles. The van der Waals surface area contributed by atoms with Gasteiger partial charge < -0.3 is 5.32 Å². The molecule has 0 atom stereocenters. The molecule has 0 spiro atoms. The van der Waals surface area contributed by atoms with Crippen molar-refractivity contribution in [3.8, 4) is 0 Å². The molecule has 3 heteroatoms. The Morgan fingerprint density at radius 3 is 2.88 bits per heavy atom. The van der Waals surface area contributed by atoms with Crippen molar-refractivity contribution in [3.63, 3.8) is 0 Å². The highest BCUT2D eigenvalue weighted by molar-refractivity contribution is 5.98. The van der Waals surface area contributed by atoms with Crippen molar-refractivity contribution in [2.24, 2.45) is 0 Å². The number of nitrogens with one attached hydrogen (secondary N) is 1. The van der Waals surface area contributed by atoms with Gasteiger partial charge in [-0.25, -0.2) is 0 Å². The Hall–Kier alpha value is -1.61. The molecule has 0 aliphatic carbocycles. The average Bonchev–Trinajstić information content (AvgIpc) is 2.82. The number of carbonyl (C=O) groups is 1. The van der Waals surface area contributed by atoms with Crippen LogP contribution in [0.4, 0.5) is 5.69 Å². The molecule has 90 valence electrons. The summed E-state index contributed by atoms with van der Waals surface area (Å²) >= 11 is 0. The lowest BCUT2D eigenvalue weighted by Crippen LogP contribution is -2.18. The lowest BCUT2D eigenvalue weighted by Gasteiger charge is -2.15. The number of nitrogens with zero attached hydrogens (tertiary/aromatic N) is 1. The number of rotatable bonds is 4. The van der Waals surface area contributed by atoms with Crippen molar-refractivity contribution in [1.82, 2.24) is 4.90 Å². The maximum Gasteiger partial charge on any atom is 0.247 e. The number of amides is 1. The molecule has 17 heavy (non-hydrogen) atoms. The van der Waals surface area contributed by atoms with E-state index >= 15 is 0 Å². The Balaban J connectivity index is 2.00. The molecule has 1 N–H and O–H groups in total. The molecular weight excluding hydrogens is 212 g/mol. The fraction of sp³-hybridized carbons (Fsp3) is 0.357. The van der Waals surface area contributed by atoms with Crippen LogP contribution >= 0.6 is 0 Å². The van der Waals surface area contributed by atoms with E-state index in [0.717, 1.165) is 12.2 Å². The number of hydrogen-bond donors (Lipinski definition) is 1. The van der Waals surface area contributed by atoms with Crippen molar-refractivity contribution in [2.75, 3.05) is 18.4 Å². The van der Waals surface area contributed by atoms with Gasteiger partial charge in [0.05, 0.1) is 0 Å². The predicted octanol–water partition coefficient (Wildman–Crippen LogP) is 2.41. The third-order valence-corrected chi connectivity index (χ3v) is 2.98. The maximum atomic E-state index is 11.2. The van der Waals surface area contributed by atoms with Gasteiger partial charge in [-0.3, -0.25) is 9.69 Å². The highest BCUT2D eigenvalue weighted by Crippen LogP contribution is 2.16. The van der Waals surface area contributed by atoms with Crippen molar-refractivity contribution >= 4 is 11.6 Å². The number of likely N-dealkylation sites (tertiary alicyclic amines) is 1. The molecule has 1 amide bonds. The Labute approximate surface area is 102 Å². The minimum atomic E-state index is -0.164. The smallest absolute Gasteiger partial charge is 0.247 e. The Morgan fingerprint density at radius 2 is 2.18 bits per heavy atom. The summed E-state index contributed by atoms with van der Waals surface area (Å²) in [5.41, 5.74) is 2.08. The first kappa shape index (κ1) is 11.9. The molecule has 1 heterocycles. The van der Waals surface area contributed by atoms with Crippen LogP contribution in [-0.4, -0.2) is 23.9 Å². The van der Waals surface area contributed by atoms with Gasteiger partial charge >= 0.3 is 0 Å². The van der Waals surface area contributed by atoms with Crippen molar-refractivity contribution < 1.29 is 4.79 Å². The van der Waals surface area contributed by atoms with Crippen molar-refractivity contribution in [3.05, 3.63) is 42.5 Å². The van der Waals surface area contributed by atoms with Crippen LogP contribution in [0.15, 0.2) is 36.9 Å². The van der Waals surface area contributed by atoms with Gasteiger partial charge in [-0.05, 0) is 49.7 Å². The van der Waals surface area contributed by atoms with Crippen molar-refractivity contribution in [1.29, 1.82) is 0 Å². The first-order valence-corrected chi connectivity index (χ1v) is 6.02. The molecular formula is C14H18N2O. The molecule has 0 bridgehead atoms. The Kier molecular flexibility index (Phi) is 3.94. The van der Waals surface area contributed by atoms with Crippen LogP contribution in [0, 0.1) is 0 Å². The van der Waals surface area contributed by atoms with Crippen LogP contribution in [0.3, 0.4) is 0 Å². The number of benzene rings is 1. The third kappa shape index (κ3) is 3.43. The van der Waals surface area contributed by atoms with Gasteiger partial charge in [-0.2, -0.15) is 0 Å². The van der Waals surface area contributed by atoms with Crippen LogP contribution in [0.2, 0.25) is 0 Å². The minimum absolute atomic E-state index is 0.164. The van der Waals surface area contributed by atoms with E-state index in [-0.39, 0.29) is 5.91 Å². The Bertz CT molecular complexity index is 408. The molecule has 1 saturated heterocycles. The van der Waals surface area contributed by atoms with E-state index in [1.165, 1.54) is 37.6 Å². The molecule has 0 aromatic heterocycles. The molecule has 1 aromatic rings. The lowest BCUT2D eigenvalue weighted by atomic mass is 10.2. The highest BCUT2D eigenvalue weighted by atomic mass is 16.1. The topological polar surface area (TPSA) is 32.3 Å². The Morgan fingerprint density at radius 1 is 1.41 bits per heavy atom. The maximum absolute atomic E-state index is 11.2. The quantitative estimate of drug-likeness (QED) is 0.806. The van der Waals surface area contributed by atoms with Gasteiger partial charge in [0, 0.05) is 12.2 Å². The fourth-order valence-corrected chi connectivity index (χ4v) is 2.14.